The number of rotatable bonds is 3. The molecule has 3 nitrogen and oxygen atoms in total. The molecule has 12 heavy (non-hydrogen) atoms. The van der Waals surface area contributed by atoms with Gasteiger partial charge in [0.05, 0.1) is 0 Å². The van der Waals surface area contributed by atoms with Crippen molar-refractivity contribution >= 4 is 5.91 Å². The lowest BCUT2D eigenvalue weighted by atomic mass is 10.0. The van der Waals surface area contributed by atoms with E-state index in [4.69, 9.17) is 0 Å². The van der Waals surface area contributed by atoms with Crippen LogP contribution < -0.4 is 10.6 Å². The first-order chi connectivity index (χ1) is 5.81. The molecule has 2 N–H and O–H groups in total. The summed E-state index contributed by atoms with van der Waals surface area (Å²) in [5, 5.41) is 6.34. The summed E-state index contributed by atoms with van der Waals surface area (Å²) >= 11 is 0. The Hall–Kier alpha value is -0.570. The van der Waals surface area contributed by atoms with Crippen LogP contribution in [0.2, 0.25) is 0 Å². The zero-order valence-electron chi connectivity index (χ0n) is 7.47. The predicted octanol–water partition coefficient (Wildman–Crippen LogP) is 0.263. The summed E-state index contributed by atoms with van der Waals surface area (Å²) in [6.45, 7) is 0. The Bertz CT molecular complexity index is 189. The molecule has 1 aliphatic carbocycles. The average Bonchev–Trinajstić information content (AvgIpc) is 2.78. The zero-order valence-corrected chi connectivity index (χ0v) is 7.47. The largest absolute Gasteiger partial charge is 0.352 e. The molecule has 2 unspecified atom stereocenters. The predicted molar refractivity (Wildman–Crippen MR) is 46.7 cm³/mol. The fourth-order valence-electron chi connectivity index (χ4n) is 2.13. The minimum absolute atomic E-state index is 0.223. The lowest BCUT2D eigenvalue weighted by Gasteiger charge is -2.22. The summed E-state index contributed by atoms with van der Waals surface area (Å²) in [5.41, 5.74) is 0. The third-order valence-corrected chi connectivity index (χ3v) is 2.93. The van der Waals surface area contributed by atoms with Crippen LogP contribution in [-0.2, 0) is 4.79 Å². The summed E-state index contributed by atoms with van der Waals surface area (Å²) in [6.07, 6.45) is 4.40. The summed E-state index contributed by atoms with van der Waals surface area (Å²) in [6, 6.07) is 0.923. The van der Waals surface area contributed by atoms with Crippen LogP contribution in [0.1, 0.15) is 25.7 Å². The lowest BCUT2D eigenvalue weighted by Crippen LogP contribution is -2.45. The van der Waals surface area contributed by atoms with Crippen molar-refractivity contribution in [2.45, 2.75) is 37.8 Å². The van der Waals surface area contributed by atoms with Crippen molar-refractivity contribution in [1.29, 1.82) is 0 Å². The number of hydrogen-bond acceptors (Lipinski definition) is 2. The molecule has 1 aliphatic heterocycles. The first kappa shape index (κ1) is 8.05. The standard InChI is InChI=1S/C9H16N2O/c1-10-9(6-2-3-6)7-4-5-8(12)11-7/h6-7,9-10H,2-5H2,1H3,(H,11,12). The van der Waals surface area contributed by atoms with Gasteiger partial charge in [0.25, 0.3) is 0 Å². The third-order valence-electron chi connectivity index (χ3n) is 2.93. The highest BCUT2D eigenvalue weighted by Crippen LogP contribution is 2.35. The molecule has 2 fully saturated rings. The van der Waals surface area contributed by atoms with Gasteiger partial charge in [-0.25, -0.2) is 0 Å². The minimum Gasteiger partial charge on any atom is -0.352 e. The van der Waals surface area contributed by atoms with Gasteiger partial charge in [0, 0.05) is 18.5 Å². The Morgan fingerprint density at radius 3 is 2.67 bits per heavy atom. The molecule has 0 aromatic carbocycles. The molecule has 0 aromatic heterocycles. The maximum absolute atomic E-state index is 11.0. The van der Waals surface area contributed by atoms with Crippen LogP contribution in [0.3, 0.4) is 0 Å². The molecule has 2 atom stereocenters. The second kappa shape index (κ2) is 3.05. The molecule has 2 rings (SSSR count). The van der Waals surface area contributed by atoms with Gasteiger partial charge >= 0.3 is 0 Å². The molecule has 1 heterocycles. The molecule has 0 aromatic rings. The number of nitrogens with one attached hydrogen (secondary N) is 2. The maximum Gasteiger partial charge on any atom is 0.220 e. The fraction of sp³-hybridized carbons (Fsp3) is 0.889. The van der Waals surface area contributed by atoms with E-state index in [0.717, 1.165) is 18.8 Å². The van der Waals surface area contributed by atoms with Crippen LogP contribution in [-0.4, -0.2) is 25.0 Å². The maximum atomic E-state index is 11.0. The Kier molecular flexibility index (Phi) is 2.05. The van der Waals surface area contributed by atoms with Gasteiger partial charge in [0.1, 0.15) is 0 Å². The Morgan fingerprint density at radius 2 is 2.25 bits per heavy atom. The minimum atomic E-state index is 0.223. The second-order valence-electron chi connectivity index (χ2n) is 3.86. The summed E-state index contributed by atoms with van der Waals surface area (Å²) in [5.74, 6) is 1.04. The van der Waals surface area contributed by atoms with Gasteiger partial charge in [-0.3, -0.25) is 4.79 Å². The Balaban J connectivity index is 1.92. The molecule has 1 saturated heterocycles. The molecular formula is C9H16N2O. The fourth-order valence-corrected chi connectivity index (χ4v) is 2.13. The van der Waals surface area contributed by atoms with Crippen molar-refractivity contribution in [2.24, 2.45) is 5.92 Å². The van der Waals surface area contributed by atoms with Crippen LogP contribution in [0.15, 0.2) is 0 Å². The first-order valence-corrected chi connectivity index (χ1v) is 4.78. The number of carbonyl (C=O) groups excluding carboxylic acids is 1. The van der Waals surface area contributed by atoms with E-state index in [9.17, 15) is 4.79 Å². The summed E-state index contributed by atoms with van der Waals surface area (Å²) in [7, 11) is 1.99. The van der Waals surface area contributed by atoms with Gasteiger partial charge < -0.3 is 10.6 Å². The molecule has 68 valence electrons. The molecule has 3 heteroatoms. The van der Waals surface area contributed by atoms with E-state index in [1.54, 1.807) is 0 Å². The number of hydrogen-bond donors (Lipinski definition) is 2. The van der Waals surface area contributed by atoms with Crippen molar-refractivity contribution in [2.75, 3.05) is 7.05 Å². The normalized spacial score (nSPS) is 31.8. The average molecular weight is 168 g/mol. The van der Waals surface area contributed by atoms with E-state index in [-0.39, 0.29) is 5.91 Å². The summed E-state index contributed by atoms with van der Waals surface area (Å²) in [4.78, 5) is 11.0. The second-order valence-corrected chi connectivity index (χ2v) is 3.86. The highest BCUT2D eigenvalue weighted by molar-refractivity contribution is 5.78. The van der Waals surface area contributed by atoms with E-state index in [2.05, 4.69) is 10.6 Å². The van der Waals surface area contributed by atoms with Gasteiger partial charge in [-0.15, -0.1) is 0 Å². The first-order valence-electron chi connectivity index (χ1n) is 4.78. The molecule has 1 saturated carbocycles. The molecule has 0 bridgehead atoms. The Labute approximate surface area is 72.9 Å². The SMILES string of the molecule is CNC(C1CC1)C1CCC(=O)N1. The molecular weight excluding hydrogens is 152 g/mol. The van der Waals surface area contributed by atoms with Crippen LogP contribution in [0.25, 0.3) is 0 Å². The smallest absolute Gasteiger partial charge is 0.220 e. The zero-order chi connectivity index (χ0) is 8.55. The van der Waals surface area contributed by atoms with Crippen molar-refractivity contribution in [1.82, 2.24) is 10.6 Å². The van der Waals surface area contributed by atoms with Gasteiger partial charge in [-0.1, -0.05) is 0 Å². The van der Waals surface area contributed by atoms with Gasteiger partial charge in [-0.05, 0) is 32.2 Å². The van der Waals surface area contributed by atoms with E-state index in [1.165, 1.54) is 12.8 Å². The van der Waals surface area contributed by atoms with Crippen molar-refractivity contribution < 1.29 is 4.79 Å². The van der Waals surface area contributed by atoms with Crippen LogP contribution in [0.5, 0.6) is 0 Å². The van der Waals surface area contributed by atoms with E-state index in [0.29, 0.717) is 12.1 Å². The van der Waals surface area contributed by atoms with Crippen LogP contribution in [0, 0.1) is 5.92 Å². The lowest BCUT2D eigenvalue weighted by molar-refractivity contribution is -0.119. The van der Waals surface area contributed by atoms with Crippen molar-refractivity contribution in [3.05, 3.63) is 0 Å². The molecule has 0 spiro atoms. The van der Waals surface area contributed by atoms with Crippen molar-refractivity contribution in [3.8, 4) is 0 Å². The monoisotopic (exact) mass is 168 g/mol. The highest BCUT2D eigenvalue weighted by atomic mass is 16.1. The molecule has 0 radical (unpaired) electrons. The Morgan fingerprint density at radius 1 is 1.50 bits per heavy atom. The number of carbonyl (C=O) groups is 1. The third kappa shape index (κ3) is 1.46. The van der Waals surface area contributed by atoms with Crippen LogP contribution in [0.4, 0.5) is 0 Å². The summed E-state index contributed by atoms with van der Waals surface area (Å²) < 4.78 is 0. The quantitative estimate of drug-likeness (QED) is 0.635. The van der Waals surface area contributed by atoms with E-state index >= 15 is 0 Å². The number of amides is 1. The van der Waals surface area contributed by atoms with E-state index in [1.807, 2.05) is 7.05 Å². The van der Waals surface area contributed by atoms with Crippen LogP contribution >= 0.6 is 0 Å². The van der Waals surface area contributed by atoms with Gasteiger partial charge in [0.2, 0.25) is 5.91 Å². The molecule has 2 aliphatic rings. The van der Waals surface area contributed by atoms with Crippen molar-refractivity contribution in [3.63, 3.8) is 0 Å². The topological polar surface area (TPSA) is 41.1 Å². The van der Waals surface area contributed by atoms with Gasteiger partial charge in [-0.2, -0.15) is 0 Å². The number of likely N-dealkylation sites (N-methyl/N-ethyl adjacent to an activating group) is 1. The van der Waals surface area contributed by atoms with E-state index < -0.39 is 0 Å². The highest BCUT2D eigenvalue weighted by Gasteiger charge is 2.38. The van der Waals surface area contributed by atoms with Gasteiger partial charge in [0.15, 0.2) is 0 Å². The molecule has 1 amide bonds.